The Morgan fingerprint density at radius 3 is 2.47 bits per heavy atom. The molecule has 190 valence electrons. The van der Waals surface area contributed by atoms with Crippen molar-refractivity contribution in [2.24, 2.45) is 0 Å². The van der Waals surface area contributed by atoms with E-state index in [1.807, 2.05) is 37.3 Å². The number of allylic oxidation sites excluding steroid dienone is 1. The number of pyridine rings is 1. The maximum absolute atomic E-state index is 13.7. The molecule has 38 heavy (non-hydrogen) atoms. The second-order valence-corrected chi connectivity index (χ2v) is 9.44. The van der Waals surface area contributed by atoms with Gasteiger partial charge in [-0.25, -0.2) is 13.8 Å². The molecule has 1 heterocycles. The molecule has 3 aromatic carbocycles. The van der Waals surface area contributed by atoms with Crippen LogP contribution in [0.5, 0.6) is 5.75 Å². The number of thioether (sulfide) groups is 1. The Hall–Kier alpha value is -4.28. The molecule has 4 nitrogen and oxygen atoms in total. The number of aromatic nitrogens is 1. The van der Waals surface area contributed by atoms with Gasteiger partial charge in [-0.3, -0.25) is 4.79 Å². The van der Waals surface area contributed by atoms with Crippen molar-refractivity contribution in [3.63, 3.8) is 0 Å². The third kappa shape index (κ3) is 6.34. The van der Waals surface area contributed by atoms with Gasteiger partial charge in [0.2, 0.25) is 0 Å². The predicted molar refractivity (Wildman–Crippen MR) is 146 cm³/mol. The molecule has 1 aromatic heterocycles. The fraction of sp³-hybridized carbons (Fsp3) is 0.129. The van der Waals surface area contributed by atoms with E-state index >= 15 is 0 Å². The highest BCUT2D eigenvalue weighted by atomic mass is 32.2. The summed E-state index contributed by atoms with van der Waals surface area (Å²) in [5, 5.41) is 10.1. The second kappa shape index (κ2) is 12.3. The van der Waals surface area contributed by atoms with Gasteiger partial charge in [0.05, 0.1) is 12.7 Å². The number of hydrogen-bond acceptors (Lipinski definition) is 5. The molecule has 7 heteroatoms. The second-order valence-electron chi connectivity index (χ2n) is 8.48. The Kier molecular flexibility index (Phi) is 8.67. The van der Waals surface area contributed by atoms with Gasteiger partial charge in [-0.2, -0.15) is 5.26 Å². The lowest BCUT2D eigenvalue weighted by atomic mass is 10.0. The average Bonchev–Trinajstić information content (AvgIpc) is 2.95. The molecule has 0 amide bonds. The Balaban J connectivity index is 1.62. The van der Waals surface area contributed by atoms with Crippen LogP contribution in [0.25, 0.3) is 17.2 Å². The van der Waals surface area contributed by atoms with Crippen LogP contribution in [0.4, 0.5) is 8.78 Å². The van der Waals surface area contributed by atoms with E-state index in [1.165, 1.54) is 23.9 Å². The van der Waals surface area contributed by atoms with E-state index in [4.69, 9.17) is 4.74 Å². The number of ketones is 1. The van der Waals surface area contributed by atoms with Gasteiger partial charge >= 0.3 is 0 Å². The number of halogens is 2. The van der Waals surface area contributed by atoms with E-state index in [0.29, 0.717) is 28.2 Å². The largest absolute Gasteiger partial charge is 0.496 e. The van der Waals surface area contributed by atoms with Crippen LogP contribution in [-0.4, -0.2) is 17.9 Å². The highest BCUT2D eigenvalue weighted by Crippen LogP contribution is 2.36. The zero-order valence-corrected chi connectivity index (χ0v) is 21.6. The maximum Gasteiger partial charge on any atom is 0.280 e. The van der Waals surface area contributed by atoms with E-state index in [1.54, 1.807) is 55.7 Å². The molecule has 0 aliphatic heterocycles. The van der Waals surface area contributed by atoms with Gasteiger partial charge in [0.15, 0.2) is 5.78 Å². The number of ether oxygens (including phenoxy) is 1. The third-order valence-corrected chi connectivity index (χ3v) is 6.88. The molecule has 4 rings (SSSR count). The first-order chi connectivity index (χ1) is 18.4. The number of carbonyl (C=O) groups excluding carboxylic acids is 1. The van der Waals surface area contributed by atoms with Crippen molar-refractivity contribution in [1.29, 1.82) is 5.26 Å². The third-order valence-electron chi connectivity index (χ3n) is 5.86. The van der Waals surface area contributed by atoms with Gasteiger partial charge in [0.25, 0.3) is 6.43 Å². The number of benzene rings is 3. The normalized spacial score (nSPS) is 11.1. The number of rotatable bonds is 9. The number of nitriles is 1. The first-order valence-corrected chi connectivity index (χ1v) is 12.8. The quantitative estimate of drug-likeness (QED) is 0.125. The van der Waals surface area contributed by atoms with E-state index in [9.17, 15) is 18.8 Å². The molecule has 0 bridgehead atoms. The van der Waals surface area contributed by atoms with Crippen LogP contribution in [-0.2, 0) is 5.75 Å². The molecule has 0 saturated carbocycles. The Morgan fingerprint density at radius 1 is 1.08 bits per heavy atom. The van der Waals surface area contributed by atoms with E-state index in [0.717, 1.165) is 16.7 Å². The van der Waals surface area contributed by atoms with E-state index in [-0.39, 0.29) is 22.1 Å². The minimum atomic E-state index is -2.78. The van der Waals surface area contributed by atoms with Crippen LogP contribution in [0.15, 0.2) is 90.0 Å². The van der Waals surface area contributed by atoms with Crippen LogP contribution in [0.3, 0.4) is 0 Å². The molecule has 0 fully saturated rings. The molecule has 0 N–H and O–H groups in total. The summed E-state index contributed by atoms with van der Waals surface area (Å²) in [7, 11) is 1.55. The van der Waals surface area contributed by atoms with Crippen molar-refractivity contribution in [2.45, 2.75) is 24.1 Å². The summed E-state index contributed by atoms with van der Waals surface area (Å²) < 4.78 is 32.9. The number of aryl methyl sites for hydroxylation is 1. The van der Waals surface area contributed by atoms with Crippen molar-refractivity contribution in [3.05, 3.63) is 118 Å². The monoisotopic (exact) mass is 526 g/mol. The van der Waals surface area contributed by atoms with Crippen LogP contribution in [0, 0.1) is 18.3 Å². The lowest BCUT2D eigenvalue weighted by Gasteiger charge is -2.13. The average molecular weight is 527 g/mol. The van der Waals surface area contributed by atoms with Gasteiger partial charge in [-0.1, -0.05) is 72.3 Å². The number of alkyl halides is 2. The van der Waals surface area contributed by atoms with Crippen molar-refractivity contribution in [3.8, 4) is 22.9 Å². The summed E-state index contributed by atoms with van der Waals surface area (Å²) in [5.74, 6) is 0.808. The number of nitrogens with zero attached hydrogens (tertiary/aromatic N) is 2. The van der Waals surface area contributed by atoms with Gasteiger partial charge in [-0.05, 0) is 42.3 Å². The van der Waals surface area contributed by atoms with Crippen molar-refractivity contribution in [1.82, 2.24) is 4.98 Å². The van der Waals surface area contributed by atoms with Crippen LogP contribution < -0.4 is 4.74 Å². The summed E-state index contributed by atoms with van der Waals surface area (Å²) in [6.07, 6.45) is 0.454. The number of carbonyl (C=O) groups is 1. The summed E-state index contributed by atoms with van der Waals surface area (Å²) in [4.78, 5) is 16.7. The zero-order valence-electron chi connectivity index (χ0n) is 20.8. The summed E-state index contributed by atoms with van der Waals surface area (Å²) >= 11 is 1.19. The summed E-state index contributed by atoms with van der Waals surface area (Å²) in [5.41, 5.74) is 4.16. The SMILES string of the molecule is COc1ccc(/C=C/C(=O)c2ccc(C)cc2)cc1CSc1nc(C(F)F)cc(-c2ccccc2)c1C#N. The van der Waals surface area contributed by atoms with Crippen LogP contribution >= 0.6 is 11.8 Å². The molecule has 0 saturated heterocycles. The fourth-order valence-corrected chi connectivity index (χ4v) is 4.85. The van der Waals surface area contributed by atoms with Crippen molar-refractivity contribution >= 4 is 23.6 Å². The zero-order chi connectivity index (χ0) is 27.1. The smallest absolute Gasteiger partial charge is 0.280 e. The van der Waals surface area contributed by atoms with Crippen LogP contribution in [0.1, 0.15) is 44.7 Å². The summed E-state index contributed by atoms with van der Waals surface area (Å²) in [6.45, 7) is 1.96. The molecule has 0 aliphatic rings. The van der Waals surface area contributed by atoms with Crippen molar-refractivity contribution < 1.29 is 18.3 Å². The first-order valence-electron chi connectivity index (χ1n) is 11.8. The molecule has 0 radical (unpaired) electrons. The molecule has 4 aromatic rings. The van der Waals surface area contributed by atoms with E-state index in [2.05, 4.69) is 11.1 Å². The van der Waals surface area contributed by atoms with E-state index < -0.39 is 6.43 Å². The summed E-state index contributed by atoms with van der Waals surface area (Å²) in [6, 6.07) is 25.2. The predicted octanol–water partition coefficient (Wildman–Crippen LogP) is 8.06. The fourth-order valence-electron chi connectivity index (χ4n) is 3.86. The lowest BCUT2D eigenvalue weighted by Crippen LogP contribution is -1.99. The topological polar surface area (TPSA) is 63.0 Å². The maximum atomic E-state index is 13.7. The Bertz CT molecular complexity index is 1510. The molecular weight excluding hydrogens is 502 g/mol. The highest BCUT2D eigenvalue weighted by molar-refractivity contribution is 7.98. The molecule has 0 spiro atoms. The standard InChI is InChI=1S/C31H24F2N2O2S/c1-20-8-12-23(13-9-20)28(36)14-10-21-11-15-29(37-2)24(16-21)19-38-31-26(18-34)25(17-27(35-31)30(32)33)22-6-4-3-5-7-22/h3-17,30H,19H2,1-2H3/b14-10+. The lowest BCUT2D eigenvalue weighted by molar-refractivity contribution is 0.104. The molecule has 0 aliphatic carbocycles. The number of methoxy groups -OCH3 is 1. The van der Waals surface area contributed by atoms with Crippen molar-refractivity contribution in [2.75, 3.05) is 7.11 Å². The number of hydrogen-bond donors (Lipinski definition) is 0. The Labute approximate surface area is 224 Å². The molecular formula is C31H24F2N2O2S. The van der Waals surface area contributed by atoms with Gasteiger partial charge in [-0.15, -0.1) is 11.8 Å². The molecule has 0 unspecified atom stereocenters. The van der Waals surface area contributed by atoms with Gasteiger partial charge < -0.3 is 4.74 Å². The minimum absolute atomic E-state index is 0.114. The van der Waals surface area contributed by atoms with Gasteiger partial charge in [0, 0.05) is 22.4 Å². The minimum Gasteiger partial charge on any atom is -0.496 e. The first kappa shape index (κ1) is 26.8. The Morgan fingerprint density at radius 2 is 1.82 bits per heavy atom. The highest BCUT2D eigenvalue weighted by Gasteiger charge is 2.19. The van der Waals surface area contributed by atoms with Gasteiger partial charge in [0.1, 0.15) is 22.5 Å². The molecule has 0 atom stereocenters. The van der Waals surface area contributed by atoms with Crippen LogP contribution in [0.2, 0.25) is 0 Å².